The molecule has 0 aliphatic rings. The normalized spacial score (nSPS) is 9.53. The molecule has 2 aromatic rings. The van der Waals surface area contributed by atoms with Crippen molar-refractivity contribution in [1.82, 2.24) is 4.98 Å². The third kappa shape index (κ3) is 10.6. The molecule has 0 spiro atoms. The summed E-state index contributed by atoms with van der Waals surface area (Å²) >= 11 is 0. The summed E-state index contributed by atoms with van der Waals surface area (Å²) in [5, 5.41) is 11.0. The van der Waals surface area contributed by atoms with Crippen molar-refractivity contribution in [1.29, 1.82) is 0 Å². The fourth-order valence-corrected chi connectivity index (χ4v) is 2.08. The SMILES string of the molecule is COc1ccc(OC)c(C(=O)Nc2cc(C)ccn2)c1OC.C[O-].[Cu+2].[O-][Cl+3]([O-])([O-])[O-]. The van der Waals surface area contributed by atoms with Crippen LogP contribution in [0.15, 0.2) is 30.5 Å². The summed E-state index contributed by atoms with van der Waals surface area (Å²) in [6.45, 7) is 1.92. The third-order valence-electron chi connectivity index (χ3n) is 3.11. The predicted molar refractivity (Wildman–Crippen MR) is 88.9 cm³/mol. The zero-order chi connectivity index (χ0) is 22.6. The number of halogens is 1. The number of carbonyl (C=O) groups is 1. The van der Waals surface area contributed by atoms with Gasteiger partial charge in [-0.3, -0.25) is 4.79 Å². The van der Waals surface area contributed by atoms with Crippen molar-refractivity contribution in [3.63, 3.8) is 0 Å². The smallest absolute Gasteiger partial charge is 0.857 e. The second-order valence-corrected chi connectivity index (χ2v) is 5.68. The van der Waals surface area contributed by atoms with Crippen molar-refractivity contribution in [2.75, 3.05) is 33.8 Å². The van der Waals surface area contributed by atoms with E-state index in [1.54, 1.807) is 24.4 Å². The molecule has 1 amide bonds. The number of aromatic nitrogens is 1. The van der Waals surface area contributed by atoms with E-state index in [1.807, 2.05) is 13.0 Å². The van der Waals surface area contributed by atoms with E-state index in [9.17, 15) is 4.79 Å². The first-order valence-electron chi connectivity index (χ1n) is 7.66. The van der Waals surface area contributed by atoms with E-state index in [-0.39, 0.29) is 28.5 Å². The van der Waals surface area contributed by atoms with Crippen LogP contribution < -0.4 is 43.3 Å². The molecule has 0 fully saturated rings. The van der Waals surface area contributed by atoms with Crippen LogP contribution in [0.1, 0.15) is 15.9 Å². The summed E-state index contributed by atoms with van der Waals surface area (Å²) in [4.78, 5) is 16.7. The zero-order valence-electron chi connectivity index (χ0n) is 16.7. The minimum absolute atomic E-state index is 0. The number of nitrogens with zero attached hydrogens (tertiary/aromatic N) is 1. The number of rotatable bonds is 5. The van der Waals surface area contributed by atoms with Gasteiger partial charge in [-0.1, -0.05) is 0 Å². The van der Waals surface area contributed by atoms with Gasteiger partial charge in [-0.15, -0.1) is 10.2 Å². The summed E-state index contributed by atoms with van der Waals surface area (Å²) in [5.41, 5.74) is 1.25. The molecule has 30 heavy (non-hydrogen) atoms. The van der Waals surface area contributed by atoms with Gasteiger partial charge in [0, 0.05) is 6.20 Å². The average molecular weight is 496 g/mol. The monoisotopic (exact) mass is 495 g/mol. The van der Waals surface area contributed by atoms with Crippen LogP contribution in [0.5, 0.6) is 17.2 Å². The molecule has 11 nitrogen and oxygen atoms in total. The Bertz CT molecular complexity index is 782. The number of carbonyl (C=O) groups excluding carboxylic acids is 1. The first kappa shape index (κ1) is 30.0. The maximum Gasteiger partial charge on any atom is 2.00 e. The maximum atomic E-state index is 12.6. The Labute approximate surface area is 186 Å². The van der Waals surface area contributed by atoms with E-state index in [2.05, 4.69) is 10.3 Å². The van der Waals surface area contributed by atoms with Crippen molar-refractivity contribution < 1.29 is 70.1 Å². The van der Waals surface area contributed by atoms with Gasteiger partial charge in [0.15, 0.2) is 11.5 Å². The first-order valence-corrected chi connectivity index (χ1v) is 8.89. The van der Waals surface area contributed by atoms with Crippen molar-refractivity contribution >= 4 is 11.7 Å². The van der Waals surface area contributed by atoms with Crippen LogP contribution in [0.2, 0.25) is 0 Å². The van der Waals surface area contributed by atoms with Gasteiger partial charge in [-0.2, -0.15) is 7.11 Å². The number of nitrogens with one attached hydrogen (secondary N) is 1. The van der Waals surface area contributed by atoms with Gasteiger partial charge in [0.05, 0.1) is 21.3 Å². The molecular weight excluding hydrogens is 475 g/mol. The standard InChI is InChI=1S/C16H18N2O4.CH3O.ClHO4.Cu/c1-10-7-8-17-13(9-10)18-16(19)14-11(20-2)5-6-12(21-3)15(14)22-4;1-2;2-1(3,4)5;/h5-9H,1-4H3,(H,17,18,19);1H3;(H,2,3,4,5);/q;-1;;+2/p-1. The van der Waals surface area contributed by atoms with Crippen LogP contribution >= 0.6 is 0 Å². The van der Waals surface area contributed by atoms with Crippen molar-refractivity contribution in [3.8, 4) is 17.2 Å². The number of benzene rings is 1. The zero-order valence-corrected chi connectivity index (χ0v) is 18.4. The third-order valence-corrected chi connectivity index (χ3v) is 3.11. The molecule has 0 saturated heterocycles. The quantitative estimate of drug-likeness (QED) is 0.416. The summed E-state index contributed by atoms with van der Waals surface area (Å²) in [7, 11) is 0.274. The Kier molecular flexibility index (Phi) is 14.8. The molecule has 1 radical (unpaired) electrons. The van der Waals surface area contributed by atoms with Crippen molar-refractivity contribution in [3.05, 3.63) is 41.6 Å². The van der Waals surface area contributed by atoms with Gasteiger partial charge >= 0.3 is 17.1 Å². The minimum Gasteiger partial charge on any atom is -0.857 e. The van der Waals surface area contributed by atoms with Gasteiger partial charge in [0.1, 0.15) is 17.1 Å². The van der Waals surface area contributed by atoms with E-state index in [0.29, 0.717) is 23.1 Å². The summed E-state index contributed by atoms with van der Waals surface area (Å²) in [6.07, 6.45) is 1.63. The number of amides is 1. The molecule has 171 valence electrons. The number of pyridine rings is 1. The first-order chi connectivity index (χ1) is 13.6. The second-order valence-electron chi connectivity index (χ2n) is 4.93. The largest absolute Gasteiger partial charge is 2.00 e. The minimum atomic E-state index is -4.94. The number of anilines is 1. The van der Waals surface area contributed by atoms with Gasteiger partial charge in [0.2, 0.25) is 0 Å². The van der Waals surface area contributed by atoms with E-state index < -0.39 is 10.2 Å². The summed E-state index contributed by atoms with van der Waals surface area (Å²) < 4.78 is 49.8. The van der Waals surface area contributed by atoms with Crippen LogP contribution in [0, 0.1) is 17.2 Å². The molecule has 1 N–H and O–H groups in total. The number of methoxy groups -OCH3 is 3. The topological polar surface area (TPSA) is 185 Å². The van der Waals surface area contributed by atoms with E-state index in [0.717, 1.165) is 12.7 Å². The molecule has 1 aromatic heterocycles. The molecule has 0 unspecified atom stereocenters. The number of aryl methyl sites for hydroxylation is 1. The fourth-order valence-electron chi connectivity index (χ4n) is 2.08. The number of hydrogen-bond donors (Lipinski definition) is 1. The molecule has 1 aromatic carbocycles. The van der Waals surface area contributed by atoms with Gasteiger partial charge in [-0.25, -0.2) is 23.6 Å². The van der Waals surface area contributed by atoms with Crippen LogP contribution in [0.3, 0.4) is 0 Å². The Morgan fingerprint density at radius 3 is 1.90 bits per heavy atom. The van der Waals surface area contributed by atoms with Gasteiger partial charge < -0.3 is 24.6 Å². The van der Waals surface area contributed by atoms with Crippen LogP contribution in [-0.4, -0.2) is 39.3 Å². The Balaban J connectivity index is 0. The summed E-state index contributed by atoms with van der Waals surface area (Å²) in [6, 6.07) is 6.96. The molecule has 2 rings (SSSR count). The van der Waals surface area contributed by atoms with Crippen LogP contribution in [-0.2, 0) is 17.1 Å². The fraction of sp³-hybridized carbons (Fsp3) is 0.294. The van der Waals surface area contributed by atoms with Crippen LogP contribution in [0.25, 0.3) is 0 Å². The van der Waals surface area contributed by atoms with E-state index in [1.165, 1.54) is 21.3 Å². The van der Waals surface area contributed by atoms with Crippen molar-refractivity contribution in [2.24, 2.45) is 0 Å². The van der Waals surface area contributed by atoms with E-state index >= 15 is 0 Å². The molecule has 0 aliphatic heterocycles. The molecule has 13 heteroatoms. The second kappa shape index (κ2) is 14.8. The summed E-state index contributed by atoms with van der Waals surface area (Å²) in [5.74, 6) is 1.23. The van der Waals surface area contributed by atoms with Gasteiger partial charge in [0.25, 0.3) is 5.91 Å². The molecule has 1 heterocycles. The maximum absolute atomic E-state index is 12.6. The number of ether oxygens (including phenoxy) is 3. The number of hydrogen-bond acceptors (Lipinski definition) is 10. The predicted octanol–water partition coefficient (Wildman–Crippen LogP) is -3.11. The van der Waals surface area contributed by atoms with E-state index in [4.69, 9.17) is 38.0 Å². The van der Waals surface area contributed by atoms with Crippen molar-refractivity contribution in [2.45, 2.75) is 6.92 Å². The molecule has 0 aliphatic carbocycles. The Hall–Kier alpha value is -2.15. The van der Waals surface area contributed by atoms with Gasteiger partial charge in [-0.05, 0) is 36.8 Å². The molecule has 0 bridgehead atoms. The Morgan fingerprint density at radius 2 is 1.47 bits per heavy atom. The van der Waals surface area contributed by atoms with Crippen LogP contribution in [0.4, 0.5) is 5.82 Å². The molecular formula is C17H21ClCuN2O9. The average Bonchev–Trinajstić information content (AvgIpc) is 2.66. The molecule has 0 saturated carbocycles. The Morgan fingerprint density at radius 1 is 0.967 bits per heavy atom. The molecule has 0 atom stereocenters.